The van der Waals surface area contributed by atoms with Crippen molar-refractivity contribution in [3.8, 4) is 5.75 Å². The Balaban J connectivity index is 1.92. The number of aryl methyl sites for hydroxylation is 1. The van der Waals surface area contributed by atoms with Gasteiger partial charge in [-0.3, -0.25) is 0 Å². The van der Waals surface area contributed by atoms with E-state index in [0.717, 1.165) is 31.4 Å². The Morgan fingerprint density at radius 1 is 1.18 bits per heavy atom. The topological polar surface area (TPSA) is 25.0 Å². The van der Waals surface area contributed by atoms with E-state index in [9.17, 15) is 0 Å². The number of thiol groups is 2. The van der Waals surface area contributed by atoms with Crippen molar-refractivity contribution in [1.82, 2.24) is 4.98 Å². The molecular weight excluding hydrogens is 310 g/mol. The summed E-state index contributed by atoms with van der Waals surface area (Å²) in [5.74, 6) is 0.903. The highest BCUT2D eigenvalue weighted by molar-refractivity contribution is 8.00. The molecule has 1 aromatic heterocycles. The minimum atomic E-state index is -0.262. The SMILES string of the molecule is COc1ccc2c3c([nH]c2c1)C1(C)CCC(S)(S)C=C1CC3. The maximum absolute atomic E-state index is 5.36. The molecule has 2 nitrogen and oxygen atoms in total. The quantitative estimate of drug-likeness (QED) is 0.395. The van der Waals surface area contributed by atoms with Crippen LogP contribution in [0.15, 0.2) is 29.8 Å². The normalized spacial score (nSPS) is 26.3. The van der Waals surface area contributed by atoms with Crippen molar-refractivity contribution in [2.45, 2.75) is 42.1 Å². The van der Waals surface area contributed by atoms with E-state index in [1.165, 1.54) is 27.7 Å². The average molecular weight is 332 g/mol. The van der Waals surface area contributed by atoms with Crippen LogP contribution in [-0.4, -0.2) is 16.2 Å². The van der Waals surface area contributed by atoms with Crippen LogP contribution in [0.25, 0.3) is 10.9 Å². The summed E-state index contributed by atoms with van der Waals surface area (Å²) in [6.45, 7) is 2.36. The molecule has 0 aliphatic heterocycles. The highest BCUT2D eigenvalue weighted by Crippen LogP contribution is 2.52. The molecule has 0 saturated heterocycles. The van der Waals surface area contributed by atoms with Crippen molar-refractivity contribution >= 4 is 36.2 Å². The molecule has 0 spiro atoms. The summed E-state index contributed by atoms with van der Waals surface area (Å²) in [5.41, 5.74) is 5.61. The fraction of sp³-hybridized carbons (Fsp3) is 0.444. The minimum absolute atomic E-state index is 0.0921. The molecule has 0 saturated carbocycles. The Labute approximate surface area is 142 Å². The number of hydrogen-bond acceptors (Lipinski definition) is 3. The predicted molar refractivity (Wildman–Crippen MR) is 98.5 cm³/mol. The Morgan fingerprint density at radius 3 is 2.77 bits per heavy atom. The molecule has 2 aliphatic rings. The van der Waals surface area contributed by atoms with E-state index in [1.54, 1.807) is 7.11 Å². The number of methoxy groups -OCH3 is 1. The van der Waals surface area contributed by atoms with E-state index < -0.39 is 0 Å². The minimum Gasteiger partial charge on any atom is -0.497 e. The van der Waals surface area contributed by atoms with Crippen LogP contribution in [0, 0.1) is 0 Å². The van der Waals surface area contributed by atoms with Crippen LogP contribution in [0.3, 0.4) is 0 Å². The summed E-state index contributed by atoms with van der Waals surface area (Å²) in [6.07, 6.45) is 6.53. The van der Waals surface area contributed by atoms with Crippen LogP contribution in [0.4, 0.5) is 0 Å². The molecule has 1 atom stereocenters. The maximum atomic E-state index is 5.36. The number of aromatic nitrogens is 1. The van der Waals surface area contributed by atoms with Gasteiger partial charge in [-0.1, -0.05) is 18.6 Å². The van der Waals surface area contributed by atoms with Gasteiger partial charge in [0.2, 0.25) is 0 Å². The van der Waals surface area contributed by atoms with E-state index in [0.29, 0.717) is 0 Å². The number of H-pyrrole nitrogens is 1. The van der Waals surface area contributed by atoms with Gasteiger partial charge in [0, 0.05) is 28.1 Å². The number of fused-ring (bicyclic) bond motifs is 5. The summed E-state index contributed by atoms with van der Waals surface area (Å²) in [4.78, 5) is 3.69. The monoisotopic (exact) mass is 331 g/mol. The Kier molecular flexibility index (Phi) is 3.15. The lowest BCUT2D eigenvalue weighted by Crippen LogP contribution is -2.36. The smallest absolute Gasteiger partial charge is 0.120 e. The molecule has 0 fully saturated rings. The molecule has 22 heavy (non-hydrogen) atoms. The number of rotatable bonds is 1. The van der Waals surface area contributed by atoms with E-state index >= 15 is 0 Å². The van der Waals surface area contributed by atoms with Crippen LogP contribution >= 0.6 is 25.3 Å². The van der Waals surface area contributed by atoms with Gasteiger partial charge in [-0.25, -0.2) is 0 Å². The first-order valence-corrected chi connectivity index (χ1v) is 8.68. The number of ether oxygens (including phenoxy) is 1. The summed E-state index contributed by atoms with van der Waals surface area (Å²) in [7, 11) is 1.71. The fourth-order valence-corrected chi connectivity index (χ4v) is 4.63. The van der Waals surface area contributed by atoms with E-state index in [2.05, 4.69) is 61.4 Å². The summed E-state index contributed by atoms with van der Waals surface area (Å²) in [6, 6.07) is 6.34. The third kappa shape index (κ3) is 2.04. The summed E-state index contributed by atoms with van der Waals surface area (Å²) in [5, 5.41) is 1.34. The highest BCUT2D eigenvalue weighted by Gasteiger charge is 2.43. The molecule has 1 unspecified atom stereocenters. The van der Waals surface area contributed by atoms with Crippen molar-refractivity contribution in [3.05, 3.63) is 41.1 Å². The van der Waals surface area contributed by atoms with Gasteiger partial charge in [0.25, 0.3) is 0 Å². The summed E-state index contributed by atoms with van der Waals surface area (Å²) >= 11 is 9.36. The molecule has 4 heteroatoms. The third-order valence-corrected chi connectivity index (χ3v) is 6.12. The standard InChI is InChI=1S/C18H21NOS2/c1-17-7-8-18(21,22)10-11(17)3-5-14-13-6-4-12(20-2)9-15(13)19-16(14)17/h4,6,9-10,19,21-22H,3,5,7-8H2,1-2H3. The van der Waals surface area contributed by atoms with Crippen molar-refractivity contribution in [2.75, 3.05) is 7.11 Å². The van der Waals surface area contributed by atoms with Crippen molar-refractivity contribution in [3.63, 3.8) is 0 Å². The van der Waals surface area contributed by atoms with Crippen molar-refractivity contribution < 1.29 is 4.74 Å². The van der Waals surface area contributed by atoms with E-state index in [4.69, 9.17) is 4.74 Å². The second kappa shape index (κ2) is 4.75. The van der Waals surface area contributed by atoms with Gasteiger partial charge < -0.3 is 9.72 Å². The fourth-order valence-electron chi connectivity index (χ4n) is 4.09. The molecule has 2 aliphatic carbocycles. The lowest BCUT2D eigenvalue weighted by atomic mass is 9.65. The van der Waals surface area contributed by atoms with Gasteiger partial charge in [0.1, 0.15) is 5.75 Å². The number of benzene rings is 1. The molecule has 116 valence electrons. The molecule has 1 heterocycles. The number of nitrogens with one attached hydrogen (secondary N) is 1. The van der Waals surface area contributed by atoms with Gasteiger partial charge in [-0.15, -0.1) is 0 Å². The zero-order valence-electron chi connectivity index (χ0n) is 12.9. The van der Waals surface area contributed by atoms with Gasteiger partial charge in [0.15, 0.2) is 0 Å². The van der Waals surface area contributed by atoms with Crippen LogP contribution in [-0.2, 0) is 11.8 Å². The van der Waals surface area contributed by atoms with Crippen LogP contribution in [0.2, 0.25) is 0 Å². The second-order valence-corrected chi connectivity index (χ2v) is 8.72. The zero-order chi connectivity index (χ0) is 15.5. The van der Waals surface area contributed by atoms with Crippen molar-refractivity contribution in [1.29, 1.82) is 0 Å². The molecule has 0 radical (unpaired) electrons. The van der Waals surface area contributed by atoms with Crippen LogP contribution in [0.5, 0.6) is 5.75 Å². The first-order chi connectivity index (χ1) is 10.4. The predicted octanol–water partition coefficient (Wildman–Crippen LogP) is 4.66. The number of hydrogen-bond donors (Lipinski definition) is 3. The van der Waals surface area contributed by atoms with E-state index in [1.807, 2.05) is 0 Å². The largest absolute Gasteiger partial charge is 0.497 e. The number of aromatic amines is 1. The number of allylic oxidation sites excluding steroid dienone is 1. The van der Waals surface area contributed by atoms with Gasteiger partial charge >= 0.3 is 0 Å². The highest BCUT2D eigenvalue weighted by atomic mass is 32.2. The third-order valence-electron chi connectivity index (χ3n) is 5.42. The molecule has 0 bridgehead atoms. The average Bonchev–Trinajstić information content (AvgIpc) is 2.87. The molecule has 1 aromatic carbocycles. The molecule has 4 rings (SSSR count). The van der Waals surface area contributed by atoms with Crippen molar-refractivity contribution in [2.24, 2.45) is 0 Å². The zero-order valence-corrected chi connectivity index (χ0v) is 14.7. The Bertz CT molecular complexity index is 790. The van der Waals surface area contributed by atoms with Crippen LogP contribution < -0.4 is 4.74 Å². The lowest BCUT2D eigenvalue weighted by molar-refractivity contribution is 0.415. The Hall–Kier alpha value is -1.000. The molecule has 1 N–H and O–H groups in total. The summed E-state index contributed by atoms with van der Waals surface area (Å²) < 4.78 is 5.10. The molecular formula is C18H21NOS2. The van der Waals surface area contributed by atoms with Gasteiger partial charge in [-0.05, 0) is 43.4 Å². The van der Waals surface area contributed by atoms with Crippen LogP contribution in [0.1, 0.15) is 37.4 Å². The second-order valence-electron chi connectivity index (χ2n) is 6.77. The van der Waals surface area contributed by atoms with Gasteiger partial charge in [0.05, 0.1) is 11.2 Å². The molecule has 2 aromatic rings. The Morgan fingerprint density at radius 2 is 2.00 bits per heavy atom. The lowest BCUT2D eigenvalue weighted by Gasteiger charge is -2.43. The van der Waals surface area contributed by atoms with E-state index in [-0.39, 0.29) is 9.49 Å². The maximum Gasteiger partial charge on any atom is 0.120 e. The molecule has 0 amide bonds. The van der Waals surface area contributed by atoms with Gasteiger partial charge in [-0.2, -0.15) is 25.3 Å². The first-order valence-electron chi connectivity index (χ1n) is 7.79. The first kappa shape index (κ1) is 14.6.